The molecule has 0 aromatic heterocycles. The van der Waals surface area contributed by atoms with Gasteiger partial charge in [-0.15, -0.1) is 0 Å². The van der Waals surface area contributed by atoms with E-state index >= 15 is 0 Å². The Balaban J connectivity index is 6.73. The number of rotatable bonds is 99. The second-order valence-electron chi connectivity index (χ2n) is 37.0. The van der Waals surface area contributed by atoms with E-state index in [9.17, 15) is 0 Å². The van der Waals surface area contributed by atoms with E-state index in [4.69, 9.17) is 36.7 Å². The van der Waals surface area contributed by atoms with Gasteiger partial charge < -0.3 is 0 Å². The first-order valence-electron chi connectivity index (χ1n) is 53.6. The minimum absolute atomic E-state index is 1.12. The molecule has 3 nitrogen and oxygen atoms in total. The Kier molecular flexibility index (Phi) is 104. The van der Waals surface area contributed by atoms with Crippen molar-refractivity contribution < 1.29 is 0 Å². The zero-order valence-electron chi connectivity index (χ0n) is 79.6. The second kappa shape index (κ2) is 103. The van der Waals surface area contributed by atoms with Gasteiger partial charge in [0.1, 0.15) is 0 Å². The van der Waals surface area contributed by atoms with Crippen LogP contribution < -0.4 is 0 Å². The molecule has 0 aliphatic carbocycles. The third-order valence-electron chi connectivity index (χ3n) is 25.4. The quantitative estimate of drug-likeness (QED) is 0.0332. The fraction of sp³-hybridized carbons (Fsp3) is 0.971. The summed E-state index contributed by atoms with van der Waals surface area (Å²) >= 11 is 18.2. The van der Waals surface area contributed by atoms with Crippen LogP contribution in [0.15, 0.2) is 0 Å². The van der Waals surface area contributed by atoms with Gasteiger partial charge in [0.2, 0.25) is 0 Å². The first-order valence-corrected chi connectivity index (χ1v) is 66.5. The average Bonchev–Trinajstić information content (AvgIpc) is 0.871. The van der Waals surface area contributed by atoms with Gasteiger partial charge in [-0.25, -0.2) is 0 Å². The summed E-state index contributed by atoms with van der Waals surface area (Å²) in [6.45, 7) is 20.7. The van der Waals surface area contributed by atoms with Crippen LogP contribution in [0.2, 0.25) is 0 Å². The monoisotopic (exact) mass is 1830 g/mol. The van der Waals surface area contributed by atoms with Crippen molar-refractivity contribution in [2.45, 2.75) is 619 Å². The van der Waals surface area contributed by atoms with Crippen molar-refractivity contribution in [1.82, 2.24) is 14.7 Å². The Morgan fingerprint density at radius 3 is 0.304 bits per heavy atom. The van der Waals surface area contributed by atoms with E-state index in [0.29, 0.717) is 0 Å². The van der Waals surface area contributed by atoms with Crippen molar-refractivity contribution in [2.75, 3.05) is 39.3 Å². The number of hydrogen-bond donors (Lipinski definition) is 0. The first kappa shape index (κ1) is 117. The molecule has 0 aliphatic heterocycles. The van der Waals surface area contributed by atoms with Crippen LogP contribution in [0.5, 0.6) is 0 Å². The van der Waals surface area contributed by atoms with Gasteiger partial charge in [0.15, 0.2) is 0 Å². The third-order valence-corrected chi connectivity index (χ3v) is 49.2. The fourth-order valence-electron chi connectivity index (χ4n) is 17.3. The molecule has 0 unspecified atom stereocenters. The first-order chi connectivity index (χ1) is 56.9. The predicted octanol–water partition coefficient (Wildman–Crippen LogP) is 40.2. The van der Waals surface area contributed by atoms with E-state index in [2.05, 4.69) is 82.8 Å². The Bertz CT molecular complexity index is 1550. The van der Waals surface area contributed by atoms with E-state index in [1.54, 1.807) is 0 Å². The van der Waals surface area contributed by atoms with Crippen LogP contribution in [-0.2, 0) is 0 Å². The Hall–Kier alpha value is 1.54. The molecule has 0 aromatic rings. The van der Waals surface area contributed by atoms with Crippen LogP contribution in [0.25, 0.3) is 0 Å². The zero-order chi connectivity index (χ0) is 83.0. The topological polar surface area (TPSA) is 9.72 Å². The van der Waals surface area contributed by atoms with E-state index in [1.165, 1.54) is 591 Å². The second-order valence-corrected chi connectivity index (χ2v) is 58.6. The summed E-state index contributed by atoms with van der Waals surface area (Å²) in [4.78, 5) is 8.21. The molecule has 0 bridgehead atoms. The summed E-state index contributed by atoms with van der Waals surface area (Å²) in [6.07, 6.45) is 127. The predicted molar refractivity (Wildman–Crippen MR) is 551 cm³/mol. The molecule has 0 radical (unpaired) electrons. The van der Waals surface area contributed by atoms with Gasteiger partial charge in [-0.2, -0.15) is 0 Å². The van der Waals surface area contributed by atoms with E-state index < -0.39 is 16.0 Å². The van der Waals surface area contributed by atoms with E-state index in [-0.39, 0.29) is 0 Å². The van der Waals surface area contributed by atoms with Gasteiger partial charge in [-0.05, 0) is 0 Å². The zero-order valence-corrected chi connectivity index (χ0v) is 87.1. The van der Waals surface area contributed by atoms with Gasteiger partial charge >= 0.3 is 454 Å². The third kappa shape index (κ3) is 91.6. The number of unbranched alkanes of at least 4 members (excludes halogenated alkanes) is 84. The molecule has 0 amide bonds. The molecule has 10 heteroatoms. The summed E-state index contributed by atoms with van der Waals surface area (Å²) in [5.41, 5.74) is 0. The Morgan fingerprint density at radius 2 is 0.217 bits per heavy atom. The van der Waals surface area contributed by atoms with Crippen molar-refractivity contribution in [3.8, 4) is 0 Å². The molecular formula is C105H210N3S6Sb. The summed E-state index contributed by atoms with van der Waals surface area (Å²) in [5.74, 6) is 0. The normalized spacial score (nSPS) is 11.7. The smallest absolute Gasteiger partial charge is 0.0654 e. The van der Waals surface area contributed by atoms with Crippen molar-refractivity contribution in [3.05, 3.63) is 0 Å². The molecule has 686 valence electrons. The van der Waals surface area contributed by atoms with Crippen LogP contribution in [0.1, 0.15) is 619 Å². The minimum Gasteiger partial charge on any atom is -0.0654 e. The molecule has 0 N–H and O–H groups in total. The van der Waals surface area contributed by atoms with Gasteiger partial charge in [-0.1, -0.05) is 311 Å². The molecule has 115 heavy (non-hydrogen) atoms. The maximum absolute atomic E-state index is 6.89. The van der Waals surface area contributed by atoms with Crippen LogP contribution >= 0.6 is 63.2 Å². The number of nitrogens with zero attached hydrogens (tertiary/aromatic N) is 3. The van der Waals surface area contributed by atoms with Crippen LogP contribution in [0.3, 0.4) is 0 Å². The van der Waals surface area contributed by atoms with Crippen molar-refractivity contribution in [2.24, 2.45) is 0 Å². The molecule has 0 fully saturated rings. The average molecular weight is 1830 g/mol. The molecule has 0 rings (SSSR count). The molecule has 0 spiro atoms. The van der Waals surface area contributed by atoms with Gasteiger partial charge in [0, 0.05) is 0 Å². The minimum atomic E-state index is -2.47. The van der Waals surface area contributed by atoms with Crippen molar-refractivity contribution in [3.63, 3.8) is 0 Å². The number of thiocarbonyl (C=S) groups is 3. The standard InChI is InChI=1S/3C35H71NS2.Sb/c3*1-3-5-7-9-11-13-15-17-19-21-23-25-27-29-31-33-36(35(37)38)34-32-30-28-26-24-22-20-18-16-14-12-10-8-6-4-2;/h3*3-34H2,1-2H3,(H,37,38);/q;;;+3/p-3. The SMILES string of the molecule is CCCCCCCCCCCCCCCCCN(CCCCCCCCCCCCCCCCC)C(=S)[S][Sb]([S]C(=S)N(CCCCCCCCCCCCCCCCC)CCCCCCCCCCCCCCCCC)[S]C(=S)N(CCCCCCCCCCCCCCCCC)CCCCCCCCCCCCCCCCC. The Labute approximate surface area is 758 Å². The molecule has 0 aliphatic rings. The number of hydrogen-bond acceptors (Lipinski definition) is 6. The van der Waals surface area contributed by atoms with Crippen LogP contribution in [0, 0.1) is 0 Å². The van der Waals surface area contributed by atoms with Gasteiger partial charge in [-0.3, -0.25) is 0 Å². The van der Waals surface area contributed by atoms with Gasteiger partial charge in [0.25, 0.3) is 0 Å². The van der Waals surface area contributed by atoms with Gasteiger partial charge in [0.05, 0.1) is 0 Å². The maximum atomic E-state index is 6.89. The summed E-state index contributed by atoms with van der Waals surface area (Å²) in [5, 5.41) is 0. The summed E-state index contributed by atoms with van der Waals surface area (Å²) in [6, 6.07) is 0. The Morgan fingerprint density at radius 1 is 0.139 bits per heavy atom. The summed E-state index contributed by atoms with van der Waals surface area (Å²) in [7, 11) is 6.46. The van der Waals surface area contributed by atoms with E-state index in [1.807, 2.05) is 0 Å². The molecule has 0 heterocycles. The van der Waals surface area contributed by atoms with Crippen molar-refractivity contribution >= 4 is 92.2 Å². The van der Waals surface area contributed by atoms with Crippen molar-refractivity contribution in [1.29, 1.82) is 0 Å². The molecule has 0 saturated carbocycles. The summed E-state index contributed by atoms with van der Waals surface area (Å²) < 4.78 is 3.58. The molecule has 0 atom stereocenters. The molecule has 0 aromatic carbocycles. The molecular weight excluding hydrogens is 1620 g/mol. The van der Waals surface area contributed by atoms with E-state index in [0.717, 1.165) is 39.3 Å². The molecule has 0 saturated heterocycles. The fourth-order valence-corrected chi connectivity index (χ4v) is 47.5. The van der Waals surface area contributed by atoms with Crippen LogP contribution in [-0.4, -0.2) is 82.9 Å². The van der Waals surface area contributed by atoms with Crippen LogP contribution in [0.4, 0.5) is 0 Å².